The van der Waals surface area contributed by atoms with Gasteiger partial charge in [0.1, 0.15) is 0 Å². The van der Waals surface area contributed by atoms with Crippen molar-refractivity contribution in [3.8, 4) is 11.1 Å². The molecule has 7 nitrogen and oxygen atoms in total. The van der Waals surface area contributed by atoms with Gasteiger partial charge in [-0.05, 0) is 30.0 Å². The first-order valence-corrected chi connectivity index (χ1v) is 10.0. The predicted molar refractivity (Wildman–Crippen MR) is 109 cm³/mol. The normalized spacial score (nSPS) is 20.4. The van der Waals surface area contributed by atoms with Crippen molar-refractivity contribution >= 4 is 17.5 Å². The molecule has 2 bridgehead atoms. The lowest BCUT2D eigenvalue weighted by Crippen LogP contribution is -2.49. The van der Waals surface area contributed by atoms with Crippen LogP contribution in [-0.2, 0) is 13.6 Å². The van der Waals surface area contributed by atoms with E-state index in [-0.39, 0.29) is 29.0 Å². The van der Waals surface area contributed by atoms with E-state index >= 15 is 0 Å². The predicted octanol–water partition coefficient (Wildman–Crippen LogP) is 2.56. The third kappa shape index (κ3) is 3.15. The Labute approximate surface area is 172 Å². The van der Waals surface area contributed by atoms with Crippen LogP contribution in [0.2, 0.25) is 5.02 Å². The average molecular weight is 410 g/mol. The Morgan fingerprint density at radius 3 is 2.79 bits per heavy atom. The minimum Gasteiger partial charge on any atom is -0.336 e. The van der Waals surface area contributed by atoms with E-state index in [9.17, 15) is 9.59 Å². The molecule has 0 unspecified atom stereocenters. The van der Waals surface area contributed by atoms with Gasteiger partial charge in [0.15, 0.2) is 5.69 Å². The number of halogens is 1. The number of carbonyl (C=O) groups is 1. The quantitative estimate of drug-likeness (QED) is 0.652. The number of nitrogens with zero attached hydrogens (tertiary/aromatic N) is 5. The van der Waals surface area contributed by atoms with Crippen LogP contribution in [0.5, 0.6) is 0 Å². The van der Waals surface area contributed by atoms with E-state index < -0.39 is 0 Å². The molecule has 1 saturated heterocycles. The van der Waals surface area contributed by atoms with E-state index in [1.165, 1.54) is 0 Å². The van der Waals surface area contributed by atoms with Gasteiger partial charge in [-0.15, -0.1) is 0 Å². The Morgan fingerprint density at radius 1 is 1.21 bits per heavy atom. The summed E-state index contributed by atoms with van der Waals surface area (Å²) >= 11 is 6.19. The summed E-state index contributed by atoms with van der Waals surface area (Å²) in [6.45, 7) is 1.79. The molecule has 0 N–H and O–H groups in total. The van der Waals surface area contributed by atoms with E-state index in [0.29, 0.717) is 24.7 Å². The molecular formula is C21H20ClN5O2. The zero-order valence-corrected chi connectivity index (χ0v) is 16.7. The summed E-state index contributed by atoms with van der Waals surface area (Å²) in [5.74, 6) is 0.206. The molecule has 2 aliphatic heterocycles. The number of hydrogen-bond acceptors (Lipinski definition) is 4. The molecule has 3 aromatic heterocycles. The molecule has 0 aliphatic carbocycles. The Balaban J connectivity index is 1.49. The molecule has 8 heteroatoms. The Morgan fingerprint density at radius 2 is 2.07 bits per heavy atom. The Hall–Kier alpha value is -2.93. The first-order chi connectivity index (χ1) is 14.0. The van der Waals surface area contributed by atoms with Gasteiger partial charge in [0, 0.05) is 68.5 Å². The molecule has 148 valence electrons. The molecule has 0 radical (unpaired) electrons. The largest absolute Gasteiger partial charge is 0.336 e. The van der Waals surface area contributed by atoms with Gasteiger partial charge in [0.05, 0.1) is 5.02 Å². The molecule has 29 heavy (non-hydrogen) atoms. The second-order valence-electron chi connectivity index (χ2n) is 7.87. The highest BCUT2D eigenvalue weighted by Gasteiger charge is 2.37. The first kappa shape index (κ1) is 18.1. The van der Waals surface area contributed by atoms with Crippen molar-refractivity contribution in [1.82, 2.24) is 24.2 Å². The summed E-state index contributed by atoms with van der Waals surface area (Å²) in [6.07, 6.45) is 6.08. The number of aromatic nitrogens is 4. The molecule has 0 saturated carbocycles. The van der Waals surface area contributed by atoms with Crippen molar-refractivity contribution < 1.29 is 4.79 Å². The molecule has 0 spiro atoms. The standard InChI is InChI=1S/C21H20ClN5O2/c1-25-12-17(22)20(24-25)21(29)26-9-13-5-16(11-26)18-6-15(7-19(28)27(18)10-13)14-3-2-4-23-8-14/h2-4,6-8,12-13,16H,5,9-11H2,1H3/t13-,16+/m0/s1. The third-order valence-electron chi connectivity index (χ3n) is 5.83. The number of hydrogen-bond donors (Lipinski definition) is 0. The monoisotopic (exact) mass is 409 g/mol. The fourth-order valence-electron chi connectivity index (χ4n) is 4.58. The van der Waals surface area contributed by atoms with E-state index in [1.807, 2.05) is 21.6 Å². The summed E-state index contributed by atoms with van der Waals surface area (Å²) in [6, 6.07) is 7.56. The molecular weight excluding hydrogens is 390 g/mol. The highest BCUT2D eigenvalue weighted by Crippen LogP contribution is 2.37. The topological polar surface area (TPSA) is 73.0 Å². The SMILES string of the molecule is Cn1cc(Cl)c(C(=O)N2C[C@@H]3C[C@H](C2)c2cc(-c4cccnc4)cc(=O)n2C3)n1. The van der Waals surface area contributed by atoms with Gasteiger partial charge in [-0.25, -0.2) is 0 Å². The number of aryl methyl sites for hydroxylation is 1. The van der Waals surface area contributed by atoms with Crippen LogP contribution in [0.4, 0.5) is 0 Å². The van der Waals surface area contributed by atoms with Gasteiger partial charge in [-0.3, -0.25) is 19.3 Å². The maximum absolute atomic E-state index is 13.0. The highest BCUT2D eigenvalue weighted by atomic mass is 35.5. The van der Waals surface area contributed by atoms with E-state index in [1.54, 1.807) is 36.4 Å². The summed E-state index contributed by atoms with van der Waals surface area (Å²) < 4.78 is 3.42. The van der Waals surface area contributed by atoms with Crippen LogP contribution in [-0.4, -0.2) is 43.2 Å². The molecule has 5 rings (SSSR count). The molecule has 1 amide bonds. The van der Waals surface area contributed by atoms with Crippen molar-refractivity contribution in [3.05, 3.63) is 69.6 Å². The van der Waals surface area contributed by atoms with Crippen molar-refractivity contribution in [1.29, 1.82) is 0 Å². The maximum Gasteiger partial charge on any atom is 0.275 e. The van der Waals surface area contributed by atoms with Crippen molar-refractivity contribution in [2.75, 3.05) is 13.1 Å². The average Bonchev–Trinajstić information content (AvgIpc) is 3.06. The molecule has 2 atom stereocenters. The van der Waals surface area contributed by atoms with Gasteiger partial charge < -0.3 is 9.47 Å². The van der Waals surface area contributed by atoms with Gasteiger partial charge in [0.2, 0.25) is 0 Å². The lowest BCUT2D eigenvalue weighted by Gasteiger charge is -2.42. The van der Waals surface area contributed by atoms with Crippen LogP contribution in [0.3, 0.4) is 0 Å². The summed E-state index contributed by atoms with van der Waals surface area (Å²) in [7, 11) is 1.75. The molecule has 2 aliphatic rings. The summed E-state index contributed by atoms with van der Waals surface area (Å²) in [4.78, 5) is 31.8. The summed E-state index contributed by atoms with van der Waals surface area (Å²) in [5, 5.41) is 4.59. The van der Waals surface area contributed by atoms with Gasteiger partial charge in [0.25, 0.3) is 11.5 Å². The molecule has 0 aromatic carbocycles. The molecule has 1 fully saturated rings. The van der Waals surface area contributed by atoms with Crippen LogP contribution in [0.15, 0.2) is 47.7 Å². The van der Waals surface area contributed by atoms with Gasteiger partial charge in [-0.1, -0.05) is 17.7 Å². The Bertz CT molecular complexity index is 1150. The number of carbonyl (C=O) groups excluding carboxylic acids is 1. The van der Waals surface area contributed by atoms with Crippen LogP contribution < -0.4 is 5.56 Å². The highest BCUT2D eigenvalue weighted by molar-refractivity contribution is 6.33. The second-order valence-corrected chi connectivity index (χ2v) is 8.27. The molecule has 3 aromatic rings. The lowest BCUT2D eigenvalue weighted by atomic mass is 9.82. The van der Waals surface area contributed by atoms with Crippen molar-refractivity contribution in [3.63, 3.8) is 0 Å². The van der Waals surface area contributed by atoms with Crippen LogP contribution in [0.25, 0.3) is 11.1 Å². The minimum absolute atomic E-state index is 0.00333. The van der Waals surface area contributed by atoms with E-state index in [2.05, 4.69) is 16.1 Å². The maximum atomic E-state index is 13.0. The zero-order valence-electron chi connectivity index (χ0n) is 16.0. The number of rotatable bonds is 2. The number of fused-ring (bicyclic) bond motifs is 4. The minimum atomic E-state index is -0.149. The number of pyridine rings is 2. The fraction of sp³-hybridized carbons (Fsp3) is 0.333. The second kappa shape index (κ2) is 6.84. The fourth-order valence-corrected chi connectivity index (χ4v) is 4.84. The third-order valence-corrected chi connectivity index (χ3v) is 6.10. The van der Waals surface area contributed by atoms with Crippen molar-refractivity contribution in [2.45, 2.75) is 18.9 Å². The van der Waals surface area contributed by atoms with Gasteiger partial charge in [-0.2, -0.15) is 5.10 Å². The molecule has 5 heterocycles. The van der Waals surface area contributed by atoms with Gasteiger partial charge >= 0.3 is 0 Å². The van der Waals surface area contributed by atoms with E-state index in [0.717, 1.165) is 23.2 Å². The van der Waals surface area contributed by atoms with Crippen LogP contribution in [0.1, 0.15) is 28.5 Å². The van der Waals surface area contributed by atoms with Crippen molar-refractivity contribution in [2.24, 2.45) is 13.0 Å². The lowest BCUT2D eigenvalue weighted by molar-refractivity contribution is 0.0588. The number of piperidine rings is 1. The van der Waals surface area contributed by atoms with Crippen LogP contribution >= 0.6 is 11.6 Å². The van der Waals surface area contributed by atoms with Crippen LogP contribution in [0, 0.1) is 5.92 Å². The van der Waals surface area contributed by atoms with E-state index in [4.69, 9.17) is 11.6 Å². The summed E-state index contributed by atoms with van der Waals surface area (Å²) in [5.41, 5.74) is 3.06. The zero-order chi connectivity index (χ0) is 20.1. The first-order valence-electron chi connectivity index (χ1n) is 9.63. The smallest absolute Gasteiger partial charge is 0.275 e. The number of likely N-dealkylation sites (tertiary alicyclic amines) is 1. The number of amides is 1. The Kier molecular flexibility index (Phi) is 4.28.